The molecule has 50 heavy (non-hydrogen) atoms. The van der Waals surface area contributed by atoms with Crippen LogP contribution >= 0.6 is 11.8 Å². The molecule has 2 aliphatic carbocycles. The second-order valence-electron chi connectivity index (χ2n) is 13.7. The maximum atomic E-state index is 9.82. The van der Waals surface area contributed by atoms with E-state index in [0.717, 1.165) is 104 Å². The molecular weight excluding hydrogens is 653 g/mol. The van der Waals surface area contributed by atoms with Gasteiger partial charge in [-0.2, -0.15) is 11.8 Å². The maximum Gasteiger partial charge on any atom is 0.230 e. The molecule has 3 heterocycles. The van der Waals surface area contributed by atoms with Crippen LogP contribution in [0.1, 0.15) is 69.0 Å². The number of fused-ring (bicyclic) bond motifs is 2. The SMILES string of the molecule is C=CCOC12Oc3ccc(OCCN4CC4)cc3C3C(CCCCO)C(CCCCO)C=C(C(=NOCC)CC1SCCc1cnccn1)C32. The average molecular weight is 707 g/mol. The third-order valence-corrected chi connectivity index (χ3v) is 11.8. The molecule has 0 bridgehead atoms. The highest BCUT2D eigenvalue weighted by Crippen LogP contribution is 2.62. The summed E-state index contributed by atoms with van der Waals surface area (Å²) in [5.74, 6) is 1.91. The summed E-state index contributed by atoms with van der Waals surface area (Å²) in [7, 11) is 0. The molecule has 6 unspecified atom stereocenters. The number of benzene rings is 1. The van der Waals surface area contributed by atoms with E-state index in [0.29, 0.717) is 26.2 Å². The Kier molecular flexibility index (Phi) is 13.3. The van der Waals surface area contributed by atoms with Gasteiger partial charge in [-0.05, 0) is 74.0 Å². The molecule has 4 aliphatic rings. The van der Waals surface area contributed by atoms with Crippen LogP contribution in [0.25, 0.3) is 0 Å². The number of allylic oxidation sites excluding steroid dienone is 1. The summed E-state index contributed by atoms with van der Waals surface area (Å²) in [5, 5.41) is 24.2. The summed E-state index contributed by atoms with van der Waals surface area (Å²) >= 11 is 1.84. The van der Waals surface area contributed by atoms with Crippen molar-refractivity contribution in [3.8, 4) is 11.5 Å². The van der Waals surface area contributed by atoms with Gasteiger partial charge in [-0.25, -0.2) is 0 Å². The molecule has 6 rings (SSSR count). The van der Waals surface area contributed by atoms with E-state index < -0.39 is 5.79 Å². The molecule has 2 aromatic rings. The smallest absolute Gasteiger partial charge is 0.230 e. The minimum Gasteiger partial charge on any atom is -0.492 e. The van der Waals surface area contributed by atoms with Crippen molar-refractivity contribution >= 4 is 17.5 Å². The Bertz CT molecular complexity index is 1460. The van der Waals surface area contributed by atoms with Gasteiger partial charge in [0.25, 0.3) is 0 Å². The average Bonchev–Trinajstić information content (AvgIpc) is 3.97. The fraction of sp³-hybridized carbons (Fsp3) is 0.615. The number of ether oxygens (including phenoxy) is 3. The van der Waals surface area contributed by atoms with Crippen molar-refractivity contribution in [1.29, 1.82) is 0 Å². The lowest BCUT2D eigenvalue weighted by molar-refractivity contribution is -0.223. The first-order valence-electron chi connectivity index (χ1n) is 18.5. The molecule has 0 amide bonds. The Labute approximate surface area is 301 Å². The van der Waals surface area contributed by atoms with Crippen molar-refractivity contribution in [2.75, 3.05) is 58.4 Å². The molecule has 0 radical (unpaired) electrons. The fourth-order valence-corrected chi connectivity index (χ4v) is 9.44. The number of aliphatic hydroxyl groups excluding tert-OH is 2. The predicted octanol–water partition coefficient (Wildman–Crippen LogP) is 5.80. The molecule has 1 aromatic heterocycles. The van der Waals surface area contributed by atoms with Gasteiger partial charge in [0.2, 0.25) is 5.79 Å². The molecule has 11 heteroatoms. The van der Waals surface area contributed by atoms with Crippen molar-refractivity contribution in [3.63, 3.8) is 0 Å². The largest absolute Gasteiger partial charge is 0.492 e. The fourth-order valence-electron chi connectivity index (χ4n) is 8.06. The van der Waals surface area contributed by atoms with Gasteiger partial charge in [0.1, 0.15) is 24.7 Å². The molecule has 2 aliphatic heterocycles. The van der Waals surface area contributed by atoms with Crippen LogP contribution in [0.3, 0.4) is 0 Å². The van der Waals surface area contributed by atoms with Crippen LogP contribution in [0.5, 0.6) is 11.5 Å². The van der Waals surface area contributed by atoms with Crippen LogP contribution < -0.4 is 9.47 Å². The standard InChI is InChI=1S/C39H54N4O6S/c1-3-21-47-39-36(50-23-13-29-27-40-14-15-41-29)26-34(42-48-4-2)32-24-28(9-5-7-19-44)31(10-6-8-20-45)37(38(32)39)33-25-30(11-12-35(33)49-39)46-22-18-43-16-17-43/h3,11-12,14-15,24-25,27-28,31,36-38,44-45H,1,4-10,13,16-23,26H2,2H3. The maximum absolute atomic E-state index is 9.82. The Balaban J connectivity index is 1.45. The van der Waals surface area contributed by atoms with Crippen LogP contribution in [0, 0.1) is 17.8 Å². The van der Waals surface area contributed by atoms with Gasteiger partial charge < -0.3 is 29.3 Å². The lowest BCUT2D eigenvalue weighted by Crippen LogP contribution is -2.64. The van der Waals surface area contributed by atoms with Crippen LogP contribution in [0.4, 0.5) is 0 Å². The van der Waals surface area contributed by atoms with Crippen molar-refractivity contribution < 1.29 is 29.3 Å². The van der Waals surface area contributed by atoms with Gasteiger partial charge in [0, 0.05) is 75.8 Å². The molecule has 6 atom stereocenters. The van der Waals surface area contributed by atoms with Crippen molar-refractivity contribution in [3.05, 3.63) is 72.4 Å². The normalized spacial score (nSPS) is 27.5. The number of unbranched alkanes of at least 4 members (excludes halogenated alkanes) is 2. The molecular formula is C39H54N4O6S. The monoisotopic (exact) mass is 706 g/mol. The minimum absolute atomic E-state index is 0.0485. The third kappa shape index (κ3) is 8.56. The first-order chi connectivity index (χ1) is 24.6. The number of hydrogen-bond acceptors (Lipinski definition) is 11. The Morgan fingerprint density at radius 2 is 1.98 bits per heavy atom. The molecule has 2 fully saturated rings. The van der Waals surface area contributed by atoms with Gasteiger partial charge in [0.15, 0.2) is 0 Å². The van der Waals surface area contributed by atoms with Crippen LogP contribution in [-0.4, -0.2) is 100 Å². The first-order valence-corrected chi connectivity index (χ1v) is 19.6. The number of thioether (sulfide) groups is 1. The summed E-state index contributed by atoms with van der Waals surface area (Å²) in [5.41, 5.74) is 4.19. The highest BCUT2D eigenvalue weighted by molar-refractivity contribution is 8.00. The molecule has 1 saturated heterocycles. The van der Waals surface area contributed by atoms with Gasteiger partial charge >= 0.3 is 0 Å². The van der Waals surface area contributed by atoms with E-state index in [1.54, 1.807) is 12.4 Å². The highest BCUT2D eigenvalue weighted by Gasteiger charge is 2.63. The second kappa shape index (κ2) is 18.0. The van der Waals surface area contributed by atoms with Crippen LogP contribution in [0.15, 0.2) is 66.2 Å². The van der Waals surface area contributed by atoms with E-state index in [4.69, 9.17) is 24.2 Å². The number of hydrogen-bond donors (Lipinski definition) is 2. The lowest BCUT2D eigenvalue weighted by Gasteiger charge is -2.58. The number of aryl methyl sites for hydroxylation is 1. The zero-order valence-electron chi connectivity index (χ0n) is 29.5. The second-order valence-corrected chi connectivity index (χ2v) is 15.0. The quantitative estimate of drug-likeness (QED) is 0.0714. The third-order valence-electron chi connectivity index (χ3n) is 10.4. The number of rotatable bonds is 21. The van der Waals surface area contributed by atoms with E-state index >= 15 is 0 Å². The lowest BCUT2D eigenvalue weighted by atomic mass is 9.56. The molecule has 10 nitrogen and oxygen atoms in total. The zero-order chi connectivity index (χ0) is 34.8. The van der Waals surface area contributed by atoms with Gasteiger partial charge in [-0.15, -0.1) is 6.58 Å². The Morgan fingerprint density at radius 1 is 1.14 bits per heavy atom. The van der Waals surface area contributed by atoms with Crippen molar-refractivity contribution in [2.24, 2.45) is 22.9 Å². The van der Waals surface area contributed by atoms with E-state index in [-0.39, 0.29) is 42.1 Å². The summed E-state index contributed by atoms with van der Waals surface area (Å²) in [6.45, 7) is 11.0. The number of aromatic nitrogens is 2. The summed E-state index contributed by atoms with van der Waals surface area (Å²) < 4.78 is 20.6. The molecule has 1 saturated carbocycles. The molecule has 2 N–H and O–H groups in total. The number of aliphatic hydroxyl groups is 2. The highest BCUT2D eigenvalue weighted by atomic mass is 32.2. The first kappa shape index (κ1) is 36.8. The van der Waals surface area contributed by atoms with E-state index in [9.17, 15) is 10.2 Å². The summed E-state index contributed by atoms with van der Waals surface area (Å²) in [6, 6.07) is 6.31. The minimum atomic E-state index is -0.983. The van der Waals surface area contributed by atoms with Crippen molar-refractivity contribution in [2.45, 2.75) is 75.2 Å². The summed E-state index contributed by atoms with van der Waals surface area (Å²) in [6.07, 6.45) is 16.2. The van der Waals surface area contributed by atoms with E-state index in [2.05, 4.69) is 39.7 Å². The number of oxime groups is 1. The predicted molar refractivity (Wildman–Crippen MR) is 197 cm³/mol. The number of nitrogens with zero attached hydrogens (tertiary/aromatic N) is 4. The summed E-state index contributed by atoms with van der Waals surface area (Å²) in [4.78, 5) is 17.0. The van der Waals surface area contributed by atoms with Crippen LogP contribution in [-0.2, 0) is 16.0 Å². The molecule has 1 aromatic carbocycles. The van der Waals surface area contributed by atoms with Gasteiger partial charge in [0.05, 0.1) is 29.2 Å². The topological polar surface area (TPSA) is 119 Å². The van der Waals surface area contributed by atoms with Gasteiger partial charge in [-0.3, -0.25) is 14.9 Å². The molecule has 272 valence electrons. The van der Waals surface area contributed by atoms with Crippen molar-refractivity contribution in [1.82, 2.24) is 14.9 Å². The van der Waals surface area contributed by atoms with Gasteiger partial charge in [-0.1, -0.05) is 30.1 Å². The van der Waals surface area contributed by atoms with E-state index in [1.807, 2.05) is 37.0 Å². The Hall–Kier alpha value is -2.96. The Morgan fingerprint density at radius 3 is 2.72 bits per heavy atom. The zero-order valence-corrected chi connectivity index (χ0v) is 30.3. The molecule has 0 spiro atoms. The van der Waals surface area contributed by atoms with Crippen LogP contribution in [0.2, 0.25) is 0 Å². The van der Waals surface area contributed by atoms with E-state index in [1.165, 1.54) is 0 Å².